The maximum Gasteiger partial charge on any atom is 0.363 e. The lowest BCUT2D eigenvalue weighted by molar-refractivity contribution is -0.132. The molecule has 2 aromatic carbocycles. The first-order chi connectivity index (χ1) is 13.0. The van der Waals surface area contributed by atoms with Crippen LogP contribution >= 0.6 is 22.6 Å². The summed E-state index contributed by atoms with van der Waals surface area (Å²) in [6.45, 7) is 3.56. The molecule has 1 aliphatic heterocycles. The van der Waals surface area contributed by atoms with E-state index < -0.39 is 11.9 Å². The highest BCUT2D eigenvalue weighted by molar-refractivity contribution is 14.1. The van der Waals surface area contributed by atoms with Gasteiger partial charge in [-0.05, 0) is 71.5 Å². The number of aliphatic imine (C=N–C) groups is 1. The summed E-state index contributed by atoms with van der Waals surface area (Å²) >= 11 is 2.18. The second kappa shape index (κ2) is 8.34. The molecule has 7 heteroatoms. The smallest absolute Gasteiger partial charge is 0.363 e. The zero-order valence-electron chi connectivity index (χ0n) is 14.7. The lowest BCUT2D eigenvalue weighted by Gasteiger charge is -2.10. The first-order valence-electron chi connectivity index (χ1n) is 8.20. The second-order valence-corrected chi connectivity index (χ2v) is 6.82. The lowest BCUT2D eigenvalue weighted by atomic mass is 10.1. The van der Waals surface area contributed by atoms with Crippen molar-refractivity contribution in [1.82, 2.24) is 0 Å². The molecule has 0 atom stereocenters. The summed E-state index contributed by atoms with van der Waals surface area (Å²) in [6, 6.07) is 12.5. The Morgan fingerprint density at radius 3 is 2.74 bits per heavy atom. The van der Waals surface area contributed by atoms with Crippen molar-refractivity contribution < 1.29 is 23.8 Å². The third-order valence-electron chi connectivity index (χ3n) is 3.52. The van der Waals surface area contributed by atoms with Crippen LogP contribution in [0.1, 0.15) is 25.0 Å². The van der Waals surface area contributed by atoms with E-state index in [1.807, 2.05) is 31.2 Å². The van der Waals surface area contributed by atoms with Gasteiger partial charge in [-0.25, -0.2) is 9.79 Å². The molecule has 1 aliphatic rings. The van der Waals surface area contributed by atoms with E-state index in [9.17, 15) is 9.59 Å². The van der Waals surface area contributed by atoms with Crippen molar-refractivity contribution in [3.8, 4) is 11.5 Å². The van der Waals surface area contributed by atoms with Gasteiger partial charge >= 0.3 is 11.9 Å². The molecule has 2 aromatic rings. The van der Waals surface area contributed by atoms with E-state index in [4.69, 9.17) is 14.2 Å². The van der Waals surface area contributed by atoms with Crippen LogP contribution in [0.4, 0.5) is 0 Å². The van der Waals surface area contributed by atoms with E-state index >= 15 is 0 Å². The van der Waals surface area contributed by atoms with E-state index in [0.717, 1.165) is 9.13 Å². The Labute approximate surface area is 170 Å². The molecule has 0 aliphatic carbocycles. The minimum Gasteiger partial charge on any atom is -0.490 e. The summed E-state index contributed by atoms with van der Waals surface area (Å²) in [7, 11) is 0. The molecule has 0 saturated carbocycles. The van der Waals surface area contributed by atoms with Crippen LogP contribution in [0.3, 0.4) is 0 Å². The SMILES string of the molecule is CCOc1cc(C=C2N=C(c3cccc(I)c3)OC2=O)ccc1OC(C)=O. The van der Waals surface area contributed by atoms with Crippen LogP contribution in [-0.4, -0.2) is 24.4 Å². The van der Waals surface area contributed by atoms with Gasteiger partial charge in [-0.3, -0.25) is 4.79 Å². The number of ether oxygens (including phenoxy) is 3. The maximum absolute atomic E-state index is 12.2. The normalized spacial score (nSPS) is 14.7. The Kier molecular flexibility index (Phi) is 5.90. The van der Waals surface area contributed by atoms with E-state index in [1.54, 1.807) is 24.3 Å². The Balaban J connectivity index is 1.92. The van der Waals surface area contributed by atoms with Crippen molar-refractivity contribution in [3.63, 3.8) is 0 Å². The standard InChI is InChI=1S/C20H16INO5/c1-3-25-18-10-13(7-8-17(18)26-12(2)23)9-16-20(24)27-19(22-16)14-5-4-6-15(21)11-14/h4-11H,3H2,1-2H3. The average molecular weight is 477 g/mol. The van der Waals surface area contributed by atoms with Gasteiger partial charge in [-0.15, -0.1) is 0 Å². The average Bonchev–Trinajstić information content (AvgIpc) is 2.98. The number of nitrogens with zero attached hydrogens (tertiary/aromatic N) is 1. The highest BCUT2D eigenvalue weighted by atomic mass is 127. The Hall–Kier alpha value is -2.68. The first kappa shape index (κ1) is 19.1. The van der Waals surface area contributed by atoms with Crippen LogP contribution in [0.15, 0.2) is 53.2 Å². The third-order valence-corrected chi connectivity index (χ3v) is 4.19. The monoisotopic (exact) mass is 477 g/mol. The molecule has 6 nitrogen and oxygen atoms in total. The number of rotatable bonds is 5. The van der Waals surface area contributed by atoms with Crippen LogP contribution in [-0.2, 0) is 14.3 Å². The first-order valence-corrected chi connectivity index (χ1v) is 9.28. The van der Waals surface area contributed by atoms with Crippen LogP contribution in [0.25, 0.3) is 6.08 Å². The topological polar surface area (TPSA) is 74.2 Å². The van der Waals surface area contributed by atoms with E-state index in [1.165, 1.54) is 6.92 Å². The van der Waals surface area contributed by atoms with Crippen LogP contribution in [0.2, 0.25) is 0 Å². The Bertz CT molecular complexity index is 965. The highest BCUT2D eigenvalue weighted by Crippen LogP contribution is 2.30. The number of carbonyl (C=O) groups is 2. The van der Waals surface area contributed by atoms with Crippen LogP contribution in [0.5, 0.6) is 11.5 Å². The quantitative estimate of drug-likeness (QED) is 0.282. The Morgan fingerprint density at radius 1 is 1.22 bits per heavy atom. The molecule has 27 heavy (non-hydrogen) atoms. The molecular weight excluding hydrogens is 461 g/mol. The van der Waals surface area contributed by atoms with Gasteiger partial charge in [-0.2, -0.15) is 0 Å². The van der Waals surface area contributed by atoms with Gasteiger partial charge in [0.2, 0.25) is 5.90 Å². The summed E-state index contributed by atoms with van der Waals surface area (Å²) in [4.78, 5) is 27.7. The number of carbonyl (C=O) groups excluding carboxylic acids is 2. The molecule has 0 radical (unpaired) electrons. The van der Waals surface area contributed by atoms with Gasteiger partial charge in [0.15, 0.2) is 17.2 Å². The van der Waals surface area contributed by atoms with Gasteiger partial charge < -0.3 is 14.2 Å². The fourth-order valence-corrected chi connectivity index (χ4v) is 2.98. The molecule has 3 rings (SSSR count). The molecule has 1 heterocycles. The van der Waals surface area contributed by atoms with Crippen molar-refractivity contribution in [2.24, 2.45) is 4.99 Å². The van der Waals surface area contributed by atoms with Crippen molar-refractivity contribution in [2.45, 2.75) is 13.8 Å². The van der Waals surface area contributed by atoms with E-state index in [2.05, 4.69) is 27.6 Å². The molecule has 0 aromatic heterocycles. The third kappa shape index (κ3) is 4.73. The summed E-state index contributed by atoms with van der Waals surface area (Å²) < 4.78 is 16.9. The van der Waals surface area contributed by atoms with Crippen molar-refractivity contribution >= 4 is 46.5 Å². The zero-order valence-corrected chi connectivity index (χ0v) is 16.8. The number of halogens is 1. The zero-order chi connectivity index (χ0) is 19.4. The molecule has 0 N–H and O–H groups in total. The molecule has 0 unspecified atom stereocenters. The lowest BCUT2D eigenvalue weighted by Crippen LogP contribution is -2.05. The number of esters is 2. The van der Waals surface area contributed by atoms with Gasteiger partial charge in [0.1, 0.15) is 0 Å². The van der Waals surface area contributed by atoms with E-state index in [-0.39, 0.29) is 11.6 Å². The van der Waals surface area contributed by atoms with Crippen LogP contribution < -0.4 is 9.47 Å². The van der Waals surface area contributed by atoms with Crippen molar-refractivity contribution in [1.29, 1.82) is 0 Å². The predicted octanol–water partition coefficient (Wildman–Crippen LogP) is 3.96. The number of cyclic esters (lactones) is 1. The maximum atomic E-state index is 12.2. The molecule has 0 saturated heterocycles. The van der Waals surface area contributed by atoms with Gasteiger partial charge in [0.05, 0.1) is 6.61 Å². The largest absolute Gasteiger partial charge is 0.490 e. The van der Waals surface area contributed by atoms with Gasteiger partial charge in [0, 0.05) is 16.1 Å². The highest BCUT2D eigenvalue weighted by Gasteiger charge is 2.24. The minimum atomic E-state index is -0.522. The molecular formula is C20H16INO5. The molecule has 138 valence electrons. The molecule has 0 spiro atoms. The summed E-state index contributed by atoms with van der Waals surface area (Å²) in [5, 5.41) is 0. The van der Waals surface area contributed by atoms with Gasteiger partial charge in [0.25, 0.3) is 0 Å². The Morgan fingerprint density at radius 2 is 2.04 bits per heavy atom. The van der Waals surface area contributed by atoms with Crippen molar-refractivity contribution in [2.75, 3.05) is 6.61 Å². The minimum absolute atomic E-state index is 0.187. The van der Waals surface area contributed by atoms with Crippen LogP contribution in [0, 0.1) is 3.57 Å². The molecule has 0 fully saturated rings. The summed E-state index contributed by atoms with van der Waals surface area (Å²) in [6.07, 6.45) is 1.60. The summed E-state index contributed by atoms with van der Waals surface area (Å²) in [5.74, 6) is 0.0455. The number of benzene rings is 2. The molecule has 0 amide bonds. The second-order valence-electron chi connectivity index (χ2n) is 5.58. The fraction of sp³-hybridized carbons (Fsp3) is 0.150. The fourth-order valence-electron chi connectivity index (χ4n) is 2.43. The number of hydrogen-bond donors (Lipinski definition) is 0. The summed E-state index contributed by atoms with van der Waals surface area (Å²) in [5.41, 5.74) is 1.60. The van der Waals surface area contributed by atoms with E-state index in [0.29, 0.717) is 23.7 Å². The number of hydrogen-bond acceptors (Lipinski definition) is 6. The van der Waals surface area contributed by atoms with Crippen molar-refractivity contribution in [3.05, 3.63) is 62.9 Å². The predicted molar refractivity (Wildman–Crippen MR) is 109 cm³/mol. The van der Waals surface area contributed by atoms with Gasteiger partial charge in [-0.1, -0.05) is 12.1 Å². The molecule has 0 bridgehead atoms.